The molecule has 150 valence electrons. The zero-order valence-corrected chi connectivity index (χ0v) is 17.5. The van der Waals surface area contributed by atoms with E-state index in [9.17, 15) is 5.11 Å². The van der Waals surface area contributed by atoms with Gasteiger partial charge >= 0.3 is 0 Å². The minimum atomic E-state index is -0.559. The minimum Gasteiger partial charge on any atom is -0.497 e. The van der Waals surface area contributed by atoms with Crippen LogP contribution < -0.4 is 10.1 Å². The summed E-state index contributed by atoms with van der Waals surface area (Å²) in [5.74, 6) is 1.57. The number of hydrogen-bond acceptors (Lipinski definition) is 4. The average Bonchev–Trinajstić information content (AvgIpc) is 2.60. The molecule has 1 aromatic carbocycles. The summed E-state index contributed by atoms with van der Waals surface area (Å²) in [4.78, 5) is 0. The van der Waals surface area contributed by atoms with Gasteiger partial charge in [0.2, 0.25) is 0 Å². The molecule has 0 aliphatic carbocycles. The molecule has 4 heteroatoms. The highest BCUT2D eigenvalue weighted by Gasteiger charge is 2.26. The first kappa shape index (κ1) is 22.9. The van der Waals surface area contributed by atoms with Gasteiger partial charge in [0, 0.05) is 12.1 Å². The topological polar surface area (TPSA) is 50.7 Å². The first-order valence-electron chi connectivity index (χ1n) is 10.0. The van der Waals surface area contributed by atoms with Crippen LogP contribution in [0.4, 0.5) is 0 Å². The molecule has 4 nitrogen and oxygen atoms in total. The maximum atomic E-state index is 10.1. The number of benzene rings is 1. The number of nitrogens with one attached hydrogen (secondary N) is 1. The normalized spacial score (nSPS) is 15.5. The van der Waals surface area contributed by atoms with Crippen LogP contribution in [0.25, 0.3) is 0 Å². The Bertz CT molecular complexity index is 485. The van der Waals surface area contributed by atoms with E-state index in [-0.39, 0.29) is 11.8 Å². The first-order valence-corrected chi connectivity index (χ1v) is 10.0. The quantitative estimate of drug-likeness (QED) is 0.504. The highest BCUT2D eigenvalue weighted by molar-refractivity contribution is 5.28. The van der Waals surface area contributed by atoms with Gasteiger partial charge in [-0.25, -0.2) is 0 Å². The van der Waals surface area contributed by atoms with E-state index in [2.05, 4.69) is 45.1 Å². The van der Waals surface area contributed by atoms with Crippen molar-refractivity contribution in [2.45, 2.75) is 84.6 Å². The summed E-state index contributed by atoms with van der Waals surface area (Å²) in [5.41, 5.74) is 1.03. The molecule has 0 heterocycles. The van der Waals surface area contributed by atoms with E-state index >= 15 is 0 Å². The van der Waals surface area contributed by atoms with E-state index in [0.29, 0.717) is 12.5 Å². The summed E-state index contributed by atoms with van der Waals surface area (Å²) in [7, 11) is 1.68. The van der Waals surface area contributed by atoms with Crippen molar-refractivity contribution < 1.29 is 14.6 Å². The van der Waals surface area contributed by atoms with Gasteiger partial charge in [-0.05, 0) is 57.2 Å². The molecule has 1 rings (SSSR count). The molecule has 26 heavy (non-hydrogen) atoms. The van der Waals surface area contributed by atoms with E-state index in [0.717, 1.165) is 18.6 Å². The Balaban J connectivity index is 2.57. The molecule has 0 amide bonds. The molecule has 2 N–H and O–H groups in total. The minimum absolute atomic E-state index is 0.191. The summed E-state index contributed by atoms with van der Waals surface area (Å²) in [5, 5.41) is 13.6. The smallest absolute Gasteiger partial charge is 0.134 e. The fraction of sp³-hybridized carbons (Fsp3) is 0.727. The molecular formula is C22H39NO3. The van der Waals surface area contributed by atoms with Crippen molar-refractivity contribution in [2.75, 3.05) is 13.7 Å². The van der Waals surface area contributed by atoms with E-state index in [4.69, 9.17) is 9.47 Å². The lowest BCUT2D eigenvalue weighted by molar-refractivity contribution is -0.0654. The van der Waals surface area contributed by atoms with Crippen LogP contribution in [-0.2, 0) is 11.2 Å². The molecule has 3 atom stereocenters. The van der Waals surface area contributed by atoms with Crippen LogP contribution in [0.5, 0.6) is 5.75 Å². The monoisotopic (exact) mass is 365 g/mol. The van der Waals surface area contributed by atoms with Crippen molar-refractivity contribution in [2.24, 2.45) is 5.92 Å². The number of ether oxygens (including phenoxy) is 2. The molecule has 0 fully saturated rings. The molecule has 0 aliphatic heterocycles. The molecule has 0 saturated heterocycles. The number of aliphatic hydroxyl groups is 1. The zero-order valence-electron chi connectivity index (χ0n) is 17.5. The van der Waals surface area contributed by atoms with Crippen LogP contribution >= 0.6 is 0 Å². The zero-order chi connectivity index (χ0) is 19.6. The van der Waals surface area contributed by atoms with Crippen LogP contribution in [0.15, 0.2) is 24.3 Å². The highest BCUT2D eigenvalue weighted by Crippen LogP contribution is 2.19. The third-order valence-corrected chi connectivity index (χ3v) is 4.87. The molecule has 0 spiro atoms. The average molecular weight is 366 g/mol. The molecular weight excluding hydrogens is 326 g/mol. The van der Waals surface area contributed by atoms with Gasteiger partial charge in [0.05, 0.1) is 13.2 Å². The molecule has 0 saturated carbocycles. The lowest BCUT2D eigenvalue weighted by Crippen LogP contribution is -2.52. The predicted octanol–water partition coefficient (Wildman–Crippen LogP) is 4.55. The van der Waals surface area contributed by atoms with Crippen LogP contribution in [0.1, 0.15) is 65.9 Å². The Morgan fingerprint density at radius 2 is 1.77 bits per heavy atom. The van der Waals surface area contributed by atoms with Gasteiger partial charge in [0.25, 0.3) is 0 Å². The largest absolute Gasteiger partial charge is 0.497 e. The number of rotatable bonds is 13. The van der Waals surface area contributed by atoms with Crippen molar-refractivity contribution in [3.8, 4) is 5.75 Å². The predicted molar refractivity (Wildman–Crippen MR) is 109 cm³/mol. The van der Waals surface area contributed by atoms with E-state index in [1.54, 1.807) is 14.0 Å². The van der Waals surface area contributed by atoms with E-state index < -0.39 is 6.10 Å². The van der Waals surface area contributed by atoms with Gasteiger partial charge in [-0.3, -0.25) is 5.32 Å². The maximum absolute atomic E-state index is 10.1. The summed E-state index contributed by atoms with van der Waals surface area (Å²) >= 11 is 0. The lowest BCUT2D eigenvalue weighted by atomic mass is 9.94. The summed E-state index contributed by atoms with van der Waals surface area (Å²) in [6.07, 6.45) is 4.62. The Kier molecular flexibility index (Phi) is 10.2. The van der Waals surface area contributed by atoms with Crippen molar-refractivity contribution in [3.05, 3.63) is 29.8 Å². The SMILES string of the molecule is CCCC(CC)CCO[C@H](NC(C)(C)Cc1ccc(OC)cc1)C(C)O. The second-order valence-corrected chi connectivity index (χ2v) is 7.94. The van der Waals surface area contributed by atoms with E-state index in [1.807, 2.05) is 12.1 Å². The number of aliphatic hydroxyl groups excluding tert-OH is 1. The Morgan fingerprint density at radius 3 is 2.27 bits per heavy atom. The molecule has 0 aliphatic rings. The standard InChI is InChI=1S/C22H39NO3/c1-7-9-18(8-2)14-15-26-21(17(3)24)23-22(4,5)16-19-10-12-20(25-6)13-11-19/h10-13,17-18,21,23-24H,7-9,14-16H2,1-6H3/t17?,18?,21-/m0/s1. The molecule has 1 aromatic rings. The van der Waals surface area contributed by atoms with Gasteiger partial charge in [0.15, 0.2) is 0 Å². The Morgan fingerprint density at radius 1 is 1.12 bits per heavy atom. The Labute approximate surface area is 160 Å². The summed E-state index contributed by atoms with van der Waals surface area (Å²) < 4.78 is 11.2. The van der Waals surface area contributed by atoms with Gasteiger partial charge in [-0.1, -0.05) is 45.2 Å². The van der Waals surface area contributed by atoms with Crippen molar-refractivity contribution >= 4 is 0 Å². The third kappa shape index (κ3) is 8.52. The molecule has 2 unspecified atom stereocenters. The van der Waals surface area contributed by atoms with Crippen molar-refractivity contribution in [3.63, 3.8) is 0 Å². The highest BCUT2D eigenvalue weighted by atomic mass is 16.5. The van der Waals surface area contributed by atoms with Crippen molar-refractivity contribution in [1.82, 2.24) is 5.32 Å². The second kappa shape index (κ2) is 11.6. The number of methoxy groups -OCH3 is 1. The van der Waals surface area contributed by atoms with Crippen LogP contribution in [-0.4, -0.2) is 36.7 Å². The molecule has 0 bridgehead atoms. The number of hydrogen-bond donors (Lipinski definition) is 2. The fourth-order valence-electron chi connectivity index (χ4n) is 3.31. The van der Waals surface area contributed by atoms with E-state index in [1.165, 1.54) is 24.8 Å². The maximum Gasteiger partial charge on any atom is 0.134 e. The van der Waals surface area contributed by atoms with Gasteiger partial charge in [-0.15, -0.1) is 0 Å². The molecule has 0 radical (unpaired) electrons. The first-order chi connectivity index (χ1) is 12.3. The lowest BCUT2D eigenvalue weighted by Gasteiger charge is -2.34. The third-order valence-electron chi connectivity index (χ3n) is 4.87. The van der Waals surface area contributed by atoms with Gasteiger partial charge < -0.3 is 14.6 Å². The van der Waals surface area contributed by atoms with Crippen LogP contribution in [0.3, 0.4) is 0 Å². The fourth-order valence-corrected chi connectivity index (χ4v) is 3.31. The second-order valence-electron chi connectivity index (χ2n) is 7.94. The summed E-state index contributed by atoms with van der Waals surface area (Å²) in [6.45, 7) is 11.2. The summed E-state index contributed by atoms with van der Waals surface area (Å²) in [6, 6.07) is 8.12. The van der Waals surface area contributed by atoms with Gasteiger partial charge in [0.1, 0.15) is 12.0 Å². The van der Waals surface area contributed by atoms with Crippen molar-refractivity contribution in [1.29, 1.82) is 0 Å². The van der Waals surface area contributed by atoms with Crippen LogP contribution in [0.2, 0.25) is 0 Å². The van der Waals surface area contributed by atoms with Crippen LogP contribution in [0, 0.1) is 5.92 Å². The Hall–Kier alpha value is -1.10. The molecule has 0 aromatic heterocycles. The van der Waals surface area contributed by atoms with Gasteiger partial charge in [-0.2, -0.15) is 0 Å².